The molecular formula is C17H17Cl2FN2O. The molecule has 2 aromatic carbocycles. The number of rotatable bonds is 7. The summed E-state index contributed by atoms with van der Waals surface area (Å²) in [6.45, 7) is 1.10. The summed E-state index contributed by atoms with van der Waals surface area (Å²) in [5.41, 5.74) is 1.16. The third-order valence-electron chi connectivity index (χ3n) is 3.26. The van der Waals surface area contributed by atoms with E-state index in [2.05, 4.69) is 10.6 Å². The standard InChI is InChI=1S/C17H17Cl2FN2O/c18-13-5-6-14(19)16(11-13)22-17(23)8-10-21-9-7-12-3-1-2-4-15(12)20/h1-6,11,21H,7-10H2,(H,22,23). The average molecular weight is 355 g/mol. The molecule has 0 aliphatic carbocycles. The van der Waals surface area contributed by atoms with Gasteiger partial charge in [0, 0.05) is 18.0 Å². The second-order valence-electron chi connectivity index (χ2n) is 5.01. The summed E-state index contributed by atoms with van der Waals surface area (Å²) in [6.07, 6.45) is 0.870. The summed E-state index contributed by atoms with van der Waals surface area (Å²) in [7, 11) is 0. The molecule has 0 aliphatic rings. The Balaban J connectivity index is 1.69. The third-order valence-corrected chi connectivity index (χ3v) is 3.82. The van der Waals surface area contributed by atoms with Gasteiger partial charge in [-0.05, 0) is 42.8 Å². The minimum atomic E-state index is -0.206. The third kappa shape index (κ3) is 5.82. The molecule has 23 heavy (non-hydrogen) atoms. The van der Waals surface area contributed by atoms with Crippen LogP contribution in [0.1, 0.15) is 12.0 Å². The monoisotopic (exact) mass is 354 g/mol. The number of halogens is 3. The smallest absolute Gasteiger partial charge is 0.225 e. The quantitative estimate of drug-likeness (QED) is 0.728. The van der Waals surface area contributed by atoms with Crippen LogP contribution in [-0.4, -0.2) is 19.0 Å². The molecule has 6 heteroatoms. The van der Waals surface area contributed by atoms with Gasteiger partial charge in [-0.2, -0.15) is 0 Å². The van der Waals surface area contributed by atoms with Crippen LogP contribution in [0.4, 0.5) is 10.1 Å². The number of benzene rings is 2. The first-order valence-corrected chi connectivity index (χ1v) is 8.01. The van der Waals surface area contributed by atoms with Gasteiger partial charge >= 0.3 is 0 Å². The molecule has 0 radical (unpaired) electrons. The van der Waals surface area contributed by atoms with Gasteiger partial charge in [-0.15, -0.1) is 0 Å². The van der Waals surface area contributed by atoms with E-state index in [4.69, 9.17) is 23.2 Å². The largest absolute Gasteiger partial charge is 0.325 e. The molecule has 3 nitrogen and oxygen atoms in total. The Bertz CT molecular complexity index is 679. The van der Waals surface area contributed by atoms with Gasteiger partial charge in [0.05, 0.1) is 10.7 Å². The first kappa shape index (κ1) is 17.7. The van der Waals surface area contributed by atoms with Gasteiger partial charge in [-0.3, -0.25) is 4.79 Å². The van der Waals surface area contributed by atoms with Gasteiger partial charge in [0.1, 0.15) is 5.82 Å². The van der Waals surface area contributed by atoms with Crippen LogP contribution >= 0.6 is 23.2 Å². The minimum absolute atomic E-state index is 0.160. The van der Waals surface area contributed by atoms with E-state index in [0.717, 1.165) is 0 Å². The molecular weight excluding hydrogens is 338 g/mol. The van der Waals surface area contributed by atoms with E-state index < -0.39 is 0 Å². The molecule has 1 amide bonds. The zero-order valence-corrected chi connectivity index (χ0v) is 13.9. The van der Waals surface area contributed by atoms with Crippen LogP contribution in [0, 0.1) is 5.82 Å². The topological polar surface area (TPSA) is 41.1 Å². The SMILES string of the molecule is O=C(CCNCCc1ccccc1F)Nc1cc(Cl)ccc1Cl. The Hall–Kier alpha value is -1.62. The zero-order chi connectivity index (χ0) is 16.7. The fourth-order valence-electron chi connectivity index (χ4n) is 2.06. The van der Waals surface area contributed by atoms with Gasteiger partial charge < -0.3 is 10.6 Å². The fourth-order valence-corrected chi connectivity index (χ4v) is 2.39. The molecule has 0 saturated heterocycles. The number of amides is 1. The van der Waals surface area contributed by atoms with Gasteiger partial charge in [0.15, 0.2) is 0 Å². The van der Waals surface area contributed by atoms with Crippen molar-refractivity contribution in [3.8, 4) is 0 Å². The lowest BCUT2D eigenvalue weighted by atomic mass is 10.1. The summed E-state index contributed by atoms with van der Waals surface area (Å²) in [4.78, 5) is 11.9. The summed E-state index contributed by atoms with van der Waals surface area (Å²) < 4.78 is 13.4. The van der Waals surface area contributed by atoms with Crippen LogP contribution in [0.3, 0.4) is 0 Å². The molecule has 122 valence electrons. The molecule has 0 bridgehead atoms. The van der Waals surface area contributed by atoms with Crippen molar-refractivity contribution in [2.75, 3.05) is 18.4 Å². The highest BCUT2D eigenvalue weighted by atomic mass is 35.5. The molecule has 0 unspecified atom stereocenters. The highest BCUT2D eigenvalue weighted by molar-refractivity contribution is 6.35. The molecule has 0 heterocycles. The second-order valence-corrected chi connectivity index (χ2v) is 5.86. The molecule has 0 aromatic heterocycles. The van der Waals surface area contributed by atoms with Crippen molar-refractivity contribution < 1.29 is 9.18 Å². The fraction of sp³-hybridized carbons (Fsp3) is 0.235. The van der Waals surface area contributed by atoms with Crippen molar-refractivity contribution in [1.82, 2.24) is 5.32 Å². The minimum Gasteiger partial charge on any atom is -0.325 e. The normalized spacial score (nSPS) is 10.6. The van der Waals surface area contributed by atoms with Gasteiger partial charge in [-0.1, -0.05) is 41.4 Å². The Morgan fingerprint density at radius 2 is 1.87 bits per heavy atom. The van der Waals surface area contributed by atoms with Crippen LogP contribution in [0.5, 0.6) is 0 Å². The average Bonchev–Trinajstić information content (AvgIpc) is 2.52. The highest BCUT2D eigenvalue weighted by Gasteiger charge is 2.06. The number of carbonyl (C=O) groups is 1. The summed E-state index contributed by atoms with van der Waals surface area (Å²) in [5, 5.41) is 6.78. The van der Waals surface area contributed by atoms with E-state index in [1.54, 1.807) is 36.4 Å². The van der Waals surface area contributed by atoms with Crippen molar-refractivity contribution >= 4 is 34.8 Å². The van der Waals surface area contributed by atoms with Gasteiger partial charge in [-0.25, -0.2) is 4.39 Å². The number of anilines is 1. The van der Waals surface area contributed by atoms with E-state index >= 15 is 0 Å². The first-order valence-electron chi connectivity index (χ1n) is 7.25. The van der Waals surface area contributed by atoms with Gasteiger partial charge in [0.2, 0.25) is 5.91 Å². The lowest BCUT2D eigenvalue weighted by molar-refractivity contribution is -0.116. The molecule has 2 rings (SSSR count). The maximum absolute atomic E-state index is 13.4. The van der Waals surface area contributed by atoms with E-state index in [1.165, 1.54) is 6.07 Å². The van der Waals surface area contributed by atoms with E-state index in [-0.39, 0.29) is 11.7 Å². The first-order chi connectivity index (χ1) is 11.1. The van der Waals surface area contributed by atoms with Crippen molar-refractivity contribution in [3.05, 3.63) is 63.9 Å². The molecule has 0 saturated carbocycles. The molecule has 0 atom stereocenters. The molecule has 0 spiro atoms. The Morgan fingerprint density at radius 1 is 1.09 bits per heavy atom. The maximum atomic E-state index is 13.4. The van der Waals surface area contributed by atoms with E-state index in [9.17, 15) is 9.18 Å². The van der Waals surface area contributed by atoms with Crippen LogP contribution < -0.4 is 10.6 Å². The Kier molecular flexibility index (Phi) is 6.84. The van der Waals surface area contributed by atoms with Crippen molar-refractivity contribution in [2.24, 2.45) is 0 Å². The van der Waals surface area contributed by atoms with Crippen LogP contribution in [0.25, 0.3) is 0 Å². The lowest BCUT2D eigenvalue weighted by Gasteiger charge is -2.08. The number of nitrogens with one attached hydrogen (secondary N) is 2. The lowest BCUT2D eigenvalue weighted by Crippen LogP contribution is -2.23. The second kappa shape index (κ2) is 8.87. The zero-order valence-electron chi connectivity index (χ0n) is 12.4. The van der Waals surface area contributed by atoms with Crippen molar-refractivity contribution in [3.63, 3.8) is 0 Å². The van der Waals surface area contributed by atoms with Gasteiger partial charge in [0.25, 0.3) is 0 Å². The molecule has 0 aliphatic heterocycles. The summed E-state index contributed by atoms with van der Waals surface area (Å²) >= 11 is 11.8. The summed E-state index contributed by atoms with van der Waals surface area (Å²) in [5.74, 6) is -0.366. The Morgan fingerprint density at radius 3 is 2.65 bits per heavy atom. The van der Waals surface area contributed by atoms with Crippen molar-refractivity contribution in [2.45, 2.75) is 12.8 Å². The molecule has 2 aromatic rings. The summed E-state index contributed by atoms with van der Waals surface area (Å²) in [6, 6.07) is 11.6. The van der Waals surface area contributed by atoms with Crippen molar-refractivity contribution in [1.29, 1.82) is 0 Å². The van der Waals surface area contributed by atoms with E-state index in [1.807, 2.05) is 0 Å². The van der Waals surface area contributed by atoms with E-state index in [0.29, 0.717) is 47.2 Å². The predicted octanol–water partition coefficient (Wildman–Crippen LogP) is 4.29. The van der Waals surface area contributed by atoms with Crippen LogP contribution in [0.2, 0.25) is 10.0 Å². The maximum Gasteiger partial charge on any atom is 0.225 e. The number of hydrogen-bond acceptors (Lipinski definition) is 2. The predicted molar refractivity (Wildman–Crippen MR) is 92.7 cm³/mol. The number of carbonyl (C=O) groups excluding carboxylic acids is 1. The van der Waals surface area contributed by atoms with Crippen LogP contribution in [0.15, 0.2) is 42.5 Å². The Labute approximate surface area is 144 Å². The highest BCUT2D eigenvalue weighted by Crippen LogP contribution is 2.25. The molecule has 0 fully saturated rings. The molecule has 2 N–H and O–H groups in total. The van der Waals surface area contributed by atoms with Crippen LogP contribution in [-0.2, 0) is 11.2 Å². The number of hydrogen-bond donors (Lipinski definition) is 2.